The van der Waals surface area contributed by atoms with Crippen LogP contribution in [0.2, 0.25) is 0 Å². The van der Waals surface area contributed by atoms with Gasteiger partial charge in [0.05, 0.1) is 17.8 Å². The number of hydrogen-bond donors (Lipinski definition) is 2. The van der Waals surface area contributed by atoms with Crippen LogP contribution < -0.4 is 5.43 Å². The first-order valence-corrected chi connectivity index (χ1v) is 6.43. The Kier molecular flexibility index (Phi) is 4.32. The van der Waals surface area contributed by atoms with Gasteiger partial charge in [-0.2, -0.15) is 5.10 Å². The van der Waals surface area contributed by atoms with E-state index in [1.165, 1.54) is 12.1 Å². The van der Waals surface area contributed by atoms with Gasteiger partial charge in [0, 0.05) is 12.8 Å². The van der Waals surface area contributed by atoms with E-state index in [-0.39, 0.29) is 42.5 Å². The molecule has 1 aliphatic heterocycles. The Morgan fingerprint density at radius 2 is 1.90 bits per heavy atom. The first-order valence-electron chi connectivity index (χ1n) is 6.43. The molecule has 1 fully saturated rings. The number of imide groups is 1. The minimum Gasteiger partial charge on any atom is -0.507 e. The Morgan fingerprint density at radius 1 is 1.29 bits per heavy atom. The fourth-order valence-corrected chi connectivity index (χ4v) is 1.94. The quantitative estimate of drug-likeness (QED) is 0.483. The van der Waals surface area contributed by atoms with Gasteiger partial charge in [0.2, 0.25) is 11.8 Å². The number of nitrogens with one attached hydrogen (secondary N) is 1. The number of hydrogen-bond acceptors (Lipinski definition) is 5. The van der Waals surface area contributed by atoms with Crippen LogP contribution in [0.3, 0.4) is 0 Å². The number of aromatic hydroxyl groups is 1. The molecule has 0 saturated carbocycles. The molecule has 1 aromatic rings. The average Bonchev–Trinajstić information content (AvgIpc) is 2.77. The van der Waals surface area contributed by atoms with Gasteiger partial charge in [-0.25, -0.2) is 5.43 Å². The van der Waals surface area contributed by atoms with E-state index in [9.17, 15) is 19.5 Å². The molecule has 0 spiro atoms. The molecule has 1 aromatic carbocycles. The highest BCUT2D eigenvalue weighted by Crippen LogP contribution is 2.15. The topological polar surface area (TPSA) is 99.1 Å². The zero-order valence-corrected chi connectivity index (χ0v) is 11.5. The second kappa shape index (κ2) is 6.17. The molecule has 0 aliphatic carbocycles. The van der Waals surface area contributed by atoms with Gasteiger partial charge >= 0.3 is 0 Å². The molecule has 0 bridgehead atoms. The van der Waals surface area contributed by atoms with Crippen LogP contribution in [0.15, 0.2) is 29.4 Å². The van der Waals surface area contributed by atoms with Crippen molar-refractivity contribution >= 4 is 23.4 Å². The Bertz CT molecular complexity index is 608. The average molecular weight is 289 g/mol. The van der Waals surface area contributed by atoms with Gasteiger partial charge in [-0.1, -0.05) is 12.1 Å². The van der Waals surface area contributed by atoms with Crippen LogP contribution in [0.5, 0.6) is 5.75 Å². The molecule has 1 heterocycles. The fraction of sp³-hybridized carbons (Fsp3) is 0.286. The first-order chi connectivity index (χ1) is 9.99. The lowest BCUT2D eigenvalue weighted by Gasteiger charge is -2.13. The summed E-state index contributed by atoms with van der Waals surface area (Å²) < 4.78 is 0. The number of carbonyl (C=O) groups excluding carboxylic acids is 3. The van der Waals surface area contributed by atoms with Gasteiger partial charge in [-0.3, -0.25) is 19.3 Å². The summed E-state index contributed by atoms with van der Waals surface area (Å²) in [5.74, 6) is -1.18. The van der Waals surface area contributed by atoms with Gasteiger partial charge in [0.15, 0.2) is 0 Å². The van der Waals surface area contributed by atoms with E-state index in [1.807, 2.05) is 0 Å². The number of carbonyl (C=O) groups is 3. The van der Waals surface area contributed by atoms with Crippen LogP contribution in [-0.2, 0) is 9.59 Å². The molecule has 110 valence electrons. The Balaban J connectivity index is 1.97. The molecular formula is C14H15N3O4. The Hall–Kier alpha value is -2.70. The summed E-state index contributed by atoms with van der Waals surface area (Å²) in [5, 5.41) is 13.4. The third-order valence-electron chi connectivity index (χ3n) is 3.04. The van der Waals surface area contributed by atoms with E-state index in [1.54, 1.807) is 19.1 Å². The molecule has 0 unspecified atom stereocenters. The molecular weight excluding hydrogens is 274 g/mol. The van der Waals surface area contributed by atoms with E-state index in [0.29, 0.717) is 5.71 Å². The summed E-state index contributed by atoms with van der Waals surface area (Å²) in [5.41, 5.74) is 2.80. The van der Waals surface area contributed by atoms with E-state index in [2.05, 4.69) is 10.5 Å². The predicted octanol–water partition coefficient (Wildman–Crippen LogP) is 0.647. The molecule has 0 radical (unpaired) electrons. The minimum atomic E-state index is -0.563. The van der Waals surface area contributed by atoms with Crippen molar-refractivity contribution in [2.45, 2.75) is 19.8 Å². The summed E-state index contributed by atoms with van der Waals surface area (Å²) in [7, 11) is 0. The summed E-state index contributed by atoms with van der Waals surface area (Å²) in [6.45, 7) is 1.66. The van der Waals surface area contributed by atoms with Crippen molar-refractivity contribution < 1.29 is 19.5 Å². The summed E-state index contributed by atoms with van der Waals surface area (Å²) in [6.07, 6.45) is 0.437. The highest BCUT2D eigenvalue weighted by molar-refractivity contribution is 6.05. The molecule has 7 nitrogen and oxygen atoms in total. The largest absolute Gasteiger partial charge is 0.507 e. The minimum absolute atomic E-state index is 0.0543. The zero-order chi connectivity index (χ0) is 15.4. The molecule has 3 amide bonds. The number of hydrazone groups is 1. The number of nitrogens with zero attached hydrogens (tertiary/aromatic N) is 2. The van der Waals surface area contributed by atoms with Gasteiger partial charge < -0.3 is 5.11 Å². The number of phenols is 1. The number of benzene rings is 1. The summed E-state index contributed by atoms with van der Waals surface area (Å²) in [4.78, 5) is 35.8. The maximum atomic E-state index is 11.8. The number of para-hydroxylation sites is 1. The van der Waals surface area contributed by atoms with Crippen molar-refractivity contribution in [2.75, 3.05) is 6.54 Å². The number of rotatable bonds is 4. The molecule has 7 heteroatoms. The predicted molar refractivity (Wildman–Crippen MR) is 74.6 cm³/mol. The molecule has 1 saturated heterocycles. The van der Waals surface area contributed by atoms with Crippen molar-refractivity contribution in [1.29, 1.82) is 0 Å². The summed E-state index contributed by atoms with van der Waals surface area (Å²) in [6, 6.07) is 6.08. The van der Waals surface area contributed by atoms with Gasteiger partial charge in [-0.15, -0.1) is 0 Å². The van der Waals surface area contributed by atoms with E-state index in [4.69, 9.17) is 0 Å². The number of phenolic OH excluding ortho intramolecular Hbond substituents is 1. The lowest BCUT2D eigenvalue weighted by molar-refractivity contribution is -0.137. The lowest BCUT2D eigenvalue weighted by Crippen LogP contribution is -2.34. The van der Waals surface area contributed by atoms with Crippen LogP contribution in [0.4, 0.5) is 0 Å². The highest BCUT2D eigenvalue weighted by Gasteiger charge is 2.28. The summed E-state index contributed by atoms with van der Waals surface area (Å²) >= 11 is 0. The molecule has 0 aromatic heterocycles. The van der Waals surface area contributed by atoms with Gasteiger partial charge in [0.1, 0.15) is 5.75 Å². The van der Waals surface area contributed by atoms with Crippen molar-refractivity contribution in [2.24, 2.45) is 5.10 Å². The van der Waals surface area contributed by atoms with Crippen LogP contribution >= 0.6 is 0 Å². The smallest absolute Gasteiger partial charge is 0.275 e. The molecule has 21 heavy (non-hydrogen) atoms. The third-order valence-corrected chi connectivity index (χ3v) is 3.04. The van der Waals surface area contributed by atoms with Crippen molar-refractivity contribution in [3.63, 3.8) is 0 Å². The van der Waals surface area contributed by atoms with Crippen molar-refractivity contribution in [1.82, 2.24) is 10.3 Å². The highest BCUT2D eigenvalue weighted by atomic mass is 16.3. The monoisotopic (exact) mass is 289 g/mol. The van der Waals surface area contributed by atoms with Crippen molar-refractivity contribution in [3.8, 4) is 5.75 Å². The van der Waals surface area contributed by atoms with Gasteiger partial charge in [-0.05, 0) is 19.1 Å². The first kappa shape index (κ1) is 14.7. The molecule has 0 atom stereocenters. The second-order valence-electron chi connectivity index (χ2n) is 4.68. The number of amides is 3. The standard InChI is InChI=1S/C14H15N3O4/c1-9(8-17-12(19)6-7-13(17)20)15-16-14(21)10-4-2-3-5-11(10)18/h2-5,18H,6-8H2,1H3,(H,16,21)/b15-9-. The zero-order valence-electron chi connectivity index (χ0n) is 11.5. The van der Waals surface area contributed by atoms with Crippen LogP contribution in [0, 0.1) is 0 Å². The second-order valence-corrected chi connectivity index (χ2v) is 4.68. The van der Waals surface area contributed by atoms with Gasteiger partial charge in [0.25, 0.3) is 5.91 Å². The maximum absolute atomic E-state index is 11.8. The number of likely N-dealkylation sites (tertiary alicyclic amines) is 1. The maximum Gasteiger partial charge on any atom is 0.275 e. The third kappa shape index (κ3) is 3.44. The van der Waals surface area contributed by atoms with Crippen LogP contribution in [0.1, 0.15) is 30.1 Å². The van der Waals surface area contributed by atoms with Crippen LogP contribution in [-0.4, -0.2) is 40.0 Å². The molecule has 2 N–H and O–H groups in total. The lowest BCUT2D eigenvalue weighted by atomic mass is 10.2. The van der Waals surface area contributed by atoms with Crippen LogP contribution in [0.25, 0.3) is 0 Å². The SMILES string of the molecule is C/C(CN1C(=O)CCC1=O)=N/NC(=O)c1ccccc1O. The normalized spacial score (nSPS) is 15.5. The van der Waals surface area contributed by atoms with E-state index >= 15 is 0 Å². The van der Waals surface area contributed by atoms with E-state index in [0.717, 1.165) is 4.90 Å². The van der Waals surface area contributed by atoms with E-state index < -0.39 is 5.91 Å². The van der Waals surface area contributed by atoms with Crippen molar-refractivity contribution in [3.05, 3.63) is 29.8 Å². The Morgan fingerprint density at radius 3 is 2.52 bits per heavy atom. The Labute approximate surface area is 121 Å². The molecule has 2 rings (SSSR count). The molecule has 1 aliphatic rings. The fourth-order valence-electron chi connectivity index (χ4n) is 1.94.